The molecule has 0 radical (unpaired) electrons. The smallest absolute Gasteiger partial charge is 0.240 e. The van der Waals surface area contributed by atoms with E-state index in [4.69, 9.17) is 5.73 Å². The molecule has 16 heavy (non-hydrogen) atoms. The van der Waals surface area contributed by atoms with Crippen LogP contribution in [0.3, 0.4) is 0 Å². The van der Waals surface area contributed by atoms with Crippen LogP contribution in [0.5, 0.6) is 0 Å². The number of amides is 1. The van der Waals surface area contributed by atoms with E-state index in [9.17, 15) is 4.79 Å². The van der Waals surface area contributed by atoms with Crippen LogP contribution >= 0.6 is 12.4 Å². The normalized spacial score (nSPS) is 23.9. The highest BCUT2D eigenvalue weighted by Crippen LogP contribution is 2.49. The molecule has 3 nitrogen and oxygen atoms in total. The third-order valence-electron chi connectivity index (χ3n) is 4.06. The first-order chi connectivity index (χ1) is 7.10. The van der Waals surface area contributed by atoms with Gasteiger partial charge < -0.3 is 11.1 Å². The number of nitrogens with two attached hydrogens (primary N) is 1. The maximum absolute atomic E-state index is 11.8. The lowest BCUT2D eigenvalue weighted by molar-refractivity contribution is -0.129. The summed E-state index contributed by atoms with van der Waals surface area (Å²) in [4.78, 5) is 11.8. The molecular formula is C12H23ClN2O. The molecule has 0 spiro atoms. The van der Waals surface area contributed by atoms with Gasteiger partial charge in [-0.25, -0.2) is 0 Å². The van der Waals surface area contributed by atoms with Gasteiger partial charge in [0.2, 0.25) is 5.91 Å². The first kappa shape index (κ1) is 13.8. The van der Waals surface area contributed by atoms with Crippen LogP contribution in [0.15, 0.2) is 0 Å². The van der Waals surface area contributed by atoms with Crippen LogP contribution in [0.4, 0.5) is 0 Å². The molecule has 0 bridgehead atoms. The fourth-order valence-electron chi connectivity index (χ4n) is 2.45. The maximum atomic E-state index is 11.8. The van der Waals surface area contributed by atoms with E-state index in [0.717, 1.165) is 25.8 Å². The van der Waals surface area contributed by atoms with Crippen LogP contribution in [-0.2, 0) is 4.79 Å². The molecule has 2 aliphatic rings. The monoisotopic (exact) mass is 246 g/mol. The van der Waals surface area contributed by atoms with Gasteiger partial charge in [-0.05, 0) is 43.9 Å². The Morgan fingerprint density at radius 3 is 2.31 bits per heavy atom. The summed E-state index contributed by atoms with van der Waals surface area (Å²) in [6.07, 6.45) is 7.83. The molecule has 2 rings (SSSR count). The summed E-state index contributed by atoms with van der Waals surface area (Å²) >= 11 is 0. The molecule has 2 aliphatic carbocycles. The van der Waals surface area contributed by atoms with E-state index >= 15 is 0 Å². The zero-order chi connectivity index (χ0) is 10.9. The molecule has 0 aromatic rings. The van der Waals surface area contributed by atoms with Crippen molar-refractivity contribution in [2.24, 2.45) is 11.1 Å². The molecule has 94 valence electrons. The Bertz CT molecular complexity index is 260. The van der Waals surface area contributed by atoms with Crippen LogP contribution in [0.25, 0.3) is 0 Å². The van der Waals surface area contributed by atoms with Crippen LogP contribution < -0.4 is 11.1 Å². The lowest BCUT2D eigenvalue weighted by Gasteiger charge is -2.36. The van der Waals surface area contributed by atoms with Gasteiger partial charge in [-0.15, -0.1) is 12.4 Å². The average molecular weight is 247 g/mol. The van der Waals surface area contributed by atoms with E-state index < -0.39 is 5.54 Å². The number of carbonyl (C=O) groups excluding carboxylic acids is 1. The second kappa shape index (κ2) is 4.92. The number of halogens is 1. The van der Waals surface area contributed by atoms with E-state index in [1.165, 1.54) is 25.7 Å². The minimum atomic E-state index is -0.526. The molecule has 0 heterocycles. The van der Waals surface area contributed by atoms with Crippen molar-refractivity contribution >= 4 is 18.3 Å². The van der Waals surface area contributed by atoms with Gasteiger partial charge >= 0.3 is 0 Å². The molecule has 0 atom stereocenters. The number of rotatable bonds is 5. The molecule has 0 aromatic carbocycles. The van der Waals surface area contributed by atoms with Gasteiger partial charge in [0, 0.05) is 6.54 Å². The Kier molecular flexibility index (Phi) is 4.24. The predicted octanol–water partition coefficient (Wildman–Crippen LogP) is 1.99. The van der Waals surface area contributed by atoms with Gasteiger partial charge in [-0.3, -0.25) is 4.79 Å². The molecule has 0 aromatic heterocycles. The van der Waals surface area contributed by atoms with Gasteiger partial charge in [-0.1, -0.05) is 13.3 Å². The van der Waals surface area contributed by atoms with E-state index in [1.807, 2.05) is 0 Å². The third kappa shape index (κ3) is 2.69. The molecule has 0 unspecified atom stereocenters. The Morgan fingerprint density at radius 1 is 1.31 bits per heavy atom. The van der Waals surface area contributed by atoms with Gasteiger partial charge in [-0.2, -0.15) is 0 Å². The Labute approximate surface area is 104 Å². The Hall–Kier alpha value is -0.280. The molecule has 2 saturated carbocycles. The summed E-state index contributed by atoms with van der Waals surface area (Å²) in [5.74, 6) is 0.0797. The van der Waals surface area contributed by atoms with Gasteiger partial charge in [0.15, 0.2) is 0 Å². The predicted molar refractivity (Wildman–Crippen MR) is 67.6 cm³/mol. The van der Waals surface area contributed by atoms with Crippen molar-refractivity contribution in [1.29, 1.82) is 0 Å². The molecule has 4 heteroatoms. The van der Waals surface area contributed by atoms with Crippen LogP contribution in [0.1, 0.15) is 51.9 Å². The van der Waals surface area contributed by atoms with Crippen molar-refractivity contribution in [3.8, 4) is 0 Å². The minimum Gasteiger partial charge on any atom is -0.354 e. The Balaban J connectivity index is 0.00000128. The molecule has 3 N–H and O–H groups in total. The van der Waals surface area contributed by atoms with E-state index in [-0.39, 0.29) is 18.3 Å². The molecule has 1 amide bonds. The van der Waals surface area contributed by atoms with Crippen molar-refractivity contribution in [2.45, 2.75) is 57.4 Å². The van der Waals surface area contributed by atoms with Gasteiger partial charge in [0.1, 0.15) is 0 Å². The summed E-state index contributed by atoms with van der Waals surface area (Å²) < 4.78 is 0. The van der Waals surface area contributed by atoms with E-state index in [0.29, 0.717) is 5.41 Å². The van der Waals surface area contributed by atoms with Gasteiger partial charge in [0.05, 0.1) is 5.54 Å². The van der Waals surface area contributed by atoms with Crippen LogP contribution in [0, 0.1) is 5.41 Å². The summed E-state index contributed by atoms with van der Waals surface area (Å²) in [7, 11) is 0. The highest BCUT2D eigenvalue weighted by atomic mass is 35.5. The second-order valence-corrected chi connectivity index (χ2v) is 5.44. The fraction of sp³-hybridized carbons (Fsp3) is 0.917. The SMILES string of the molecule is CCCC1(CNC(=O)C2(N)CCC2)CC1.Cl. The molecule has 2 fully saturated rings. The highest BCUT2D eigenvalue weighted by Gasteiger charge is 2.44. The number of carbonyl (C=O) groups is 1. The van der Waals surface area contributed by atoms with E-state index in [1.54, 1.807) is 0 Å². The van der Waals surface area contributed by atoms with Crippen molar-refractivity contribution in [2.75, 3.05) is 6.54 Å². The number of hydrogen-bond acceptors (Lipinski definition) is 2. The lowest BCUT2D eigenvalue weighted by Crippen LogP contribution is -2.59. The van der Waals surface area contributed by atoms with Crippen molar-refractivity contribution in [1.82, 2.24) is 5.32 Å². The zero-order valence-electron chi connectivity index (χ0n) is 10.1. The van der Waals surface area contributed by atoms with Crippen LogP contribution in [-0.4, -0.2) is 18.0 Å². The lowest BCUT2D eigenvalue weighted by atomic mass is 9.77. The summed E-state index contributed by atoms with van der Waals surface area (Å²) in [6.45, 7) is 3.05. The number of hydrogen-bond donors (Lipinski definition) is 2. The molecule has 0 aliphatic heterocycles. The summed E-state index contributed by atoms with van der Waals surface area (Å²) in [5.41, 5.74) is 5.87. The van der Waals surface area contributed by atoms with Crippen molar-refractivity contribution in [3.63, 3.8) is 0 Å². The highest BCUT2D eigenvalue weighted by molar-refractivity contribution is 5.87. The first-order valence-corrected chi connectivity index (χ1v) is 6.17. The third-order valence-corrected chi connectivity index (χ3v) is 4.06. The minimum absolute atomic E-state index is 0. The fourth-order valence-corrected chi connectivity index (χ4v) is 2.45. The average Bonchev–Trinajstić information content (AvgIpc) is 2.92. The molecular weight excluding hydrogens is 224 g/mol. The largest absolute Gasteiger partial charge is 0.354 e. The summed E-state index contributed by atoms with van der Waals surface area (Å²) in [6, 6.07) is 0. The van der Waals surface area contributed by atoms with Crippen molar-refractivity contribution in [3.05, 3.63) is 0 Å². The topological polar surface area (TPSA) is 55.1 Å². The van der Waals surface area contributed by atoms with Crippen LogP contribution in [0.2, 0.25) is 0 Å². The zero-order valence-corrected chi connectivity index (χ0v) is 10.9. The maximum Gasteiger partial charge on any atom is 0.240 e. The van der Waals surface area contributed by atoms with E-state index in [2.05, 4.69) is 12.2 Å². The number of nitrogens with one attached hydrogen (secondary N) is 1. The molecule has 0 saturated heterocycles. The second-order valence-electron chi connectivity index (χ2n) is 5.44. The van der Waals surface area contributed by atoms with Gasteiger partial charge in [0.25, 0.3) is 0 Å². The van der Waals surface area contributed by atoms with Crippen molar-refractivity contribution < 1.29 is 4.79 Å². The standard InChI is InChI=1S/C12H22N2O.ClH/c1-2-4-11(7-8-11)9-14-10(15)12(13)5-3-6-12;/h2-9,13H2,1H3,(H,14,15);1H. The first-order valence-electron chi connectivity index (χ1n) is 6.17. The summed E-state index contributed by atoms with van der Waals surface area (Å²) in [5, 5.41) is 3.05. The quantitative estimate of drug-likeness (QED) is 0.780. The Morgan fingerprint density at radius 2 is 1.94 bits per heavy atom.